The Balaban J connectivity index is 1.59. The van der Waals surface area contributed by atoms with E-state index in [-0.39, 0.29) is 30.9 Å². The van der Waals surface area contributed by atoms with Crippen LogP contribution in [0.2, 0.25) is 5.02 Å². The number of ether oxygens (including phenoxy) is 1. The van der Waals surface area contributed by atoms with Crippen molar-refractivity contribution in [1.29, 1.82) is 0 Å². The molecule has 0 saturated heterocycles. The van der Waals surface area contributed by atoms with Gasteiger partial charge in [-0.15, -0.1) is 0 Å². The predicted octanol–water partition coefficient (Wildman–Crippen LogP) is 2.87. The SMILES string of the molecule is CN(C)C(CNC(=O)CCN1C(=O)COc2ccccc21)c1ccccc1Cl. The highest BCUT2D eigenvalue weighted by Gasteiger charge is 2.25. The number of nitrogens with zero attached hydrogens (tertiary/aromatic N) is 2. The van der Waals surface area contributed by atoms with Crippen LogP contribution in [-0.4, -0.2) is 50.5 Å². The number of para-hydroxylation sites is 2. The normalized spacial score (nSPS) is 14.4. The molecular weight excluding hydrogens is 378 g/mol. The van der Waals surface area contributed by atoms with Gasteiger partial charge >= 0.3 is 0 Å². The van der Waals surface area contributed by atoms with Crippen LogP contribution in [0.3, 0.4) is 0 Å². The minimum absolute atomic E-state index is 0.00611. The van der Waals surface area contributed by atoms with Crippen molar-refractivity contribution in [3.05, 3.63) is 59.1 Å². The second kappa shape index (κ2) is 9.08. The number of anilines is 1. The number of rotatable bonds is 7. The summed E-state index contributed by atoms with van der Waals surface area (Å²) in [5, 5.41) is 3.63. The number of hydrogen-bond acceptors (Lipinski definition) is 4. The van der Waals surface area contributed by atoms with Crippen molar-refractivity contribution in [2.75, 3.05) is 38.7 Å². The third-order valence-electron chi connectivity index (χ3n) is 4.75. The molecule has 1 atom stereocenters. The molecule has 1 unspecified atom stereocenters. The zero-order valence-corrected chi connectivity index (χ0v) is 16.8. The summed E-state index contributed by atoms with van der Waals surface area (Å²) in [4.78, 5) is 28.2. The zero-order chi connectivity index (χ0) is 20.1. The Kier molecular flexibility index (Phi) is 6.54. The lowest BCUT2D eigenvalue weighted by Crippen LogP contribution is -2.41. The number of carbonyl (C=O) groups is 2. The van der Waals surface area contributed by atoms with Crippen LogP contribution < -0.4 is 15.0 Å². The summed E-state index contributed by atoms with van der Waals surface area (Å²) >= 11 is 6.31. The Morgan fingerprint density at radius 1 is 1.21 bits per heavy atom. The standard InChI is InChI=1S/C21H24ClN3O3/c1-24(2)18(15-7-3-4-8-16(15)22)13-23-20(26)11-12-25-17-9-5-6-10-19(17)28-14-21(25)27/h3-10,18H,11-14H2,1-2H3,(H,23,26). The highest BCUT2D eigenvalue weighted by atomic mass is 35.5. The smallest absolute Gasteiger partial charge is 0.265 e. The van der Waals surface area contributed by atoms with Gasteiger partial charge < -0.3 is 19.9 Å². The van der Waals surface area contributed by atoms with Crippen molar-refractivity contribution in [2.45, 2.75) is 12.5 Å². The van der Waals surface area contributed by atoms with Crippen LogP contribution in [0.5, 0.6) is 5.75 Å². The second-order valence-corrected chi connectivity index (χ2v) is 7.26. The highest BCUT2D eigenvalue weighted by molar-refractivity contribution is 6.31. The number of nitrogens with one attached hydrogen (secondary N) is 1. The predicted molar refractivity (Wildman–Crippen MR) is 110 cm³/mol. The number of carbonyl (C=O) groups excluding carboxylic acids is 2. The monoisotopic (exact) mass is 401 g/mol. The summed E-state index contributed by atoms with van der Waals surface area (Å²) < 4.78 is 5.43. The molecule has 0 aliphatic carbocycles. The molecule has 1 aliphatic rings. The Morgan fingerprint density at radius 3 is 2.68 bits per heavy atom. The molecule has 2 aromatic carbocycles. The molecule has 0 radical (unpaired) electrons. The van der Waals surface area contributed by atoms with E-state index in [1.807, 2.05) is 67.5 Å². The minimum Gasteiger partial charge on any atom is -0.482 e. The van der Waals surface area contributed by atoms with Crippen LogP contribution in [0.4, 0.5) is 5.69 Å². The molecule has 7 heteroatoms. The van der Waals surface area contributed by atoms with Crippen LogP contribution in [0, 0.1) is 0 Å². The van der Waals surface area contributed by atoms with Crippen LogP contribution in [0.1, 0.15) is 18.0 Å². The molecule has 6 nitrogen and oxygen atoms in total. The Morgan fingerprint density at radius 2 is 1.93 bits per heavy atom. The maximum absolute atomic E-state index is 12.4. The second-order valence-electron chi connectivity index (χ2n) is 6.86. The van der Waals surface area contributed by atoms with Crippen molar-refractivity contribution in [2.24, 2.45) is 0 Å². The molecule has 1 N–H and O–H groups in total. The zero-order valence-electron chi connectivity index (χ0n) is 16.0. The van der Waals surface area contributed by atoms with Gasteiger partial charge in [-0.1, -0.05) is 41.9 Å². The average Bonchev–Trinajstić information content (AvgIpc) is 2.68. The summed E-state index contributed by atoms with van der Waals surface area (Å²) in [6.45, 7) is 0.737. The van der Waals surface area contributed by atoms with Gasteiger partial charge in [0.25, 0.3) is 5.91 Å². The fraction of sp³-hybridized carbons (Fsp3) is 0.333. The van der Waals surface area contributed by atoms with Gasteiger partial charge in [0.05, 0.1) is 11.7 Å². The summed E-state index contributed by atoms with van der Waals surface area (Å²) in [6, 6.07) is 14.9. The summed E-state index contributed by atoms with van der Waals surface area (Å²) in [5.41, 5.74) is 1.67. The molecule has 0 saturated carbocycles. The van der Waals surface area contributed by atoms with E-state index in [2.05, 4.69) is 5.32 Å². The number of halogens is 1. The molecule has 1 heterocycles. The molecule has 148 valence electrons. The first-order valence-corrected chi connectivity index (χ1v) is 9.55. The van der Waals surface area contributed by atoms with Crippen molar-refractivity contribution in [3.8, 4) is 5.75 Å². The van der Waals surface area contributed by atoms with Gasteiger partial charge in [-0.3, -0.25) is 9.59 Å². The van der Waals surface area contributed by atoms with Gasteiger partial charge in [-0.05, 0) is 37.9 Å². The van der Waals surface area contributed by atoms with Gasteiger partial charge in [0.1, 0.15) is 5.75 Å². The van der Waals surface area contributed by atoms with E-state index < -0.39 is 0 Å². The Labute approximate surface area is 170 Å². The number of likely N-dealkylation sites (N-methyl/N-ethyl adjacent to an activating group) is 1. The first kappa shape index (κ1) is 20.2. The maximum Gasteiger partial charge on any atom is 0.265 e. The van der Waals surface area contributed by atoms with Crippen molar-refractivity contribution < 1.29 is 14.3 Å². The quantitative estimate of drug-likeness (QED) is 0.775. The molecule has 0 aromatic heterocycles. The van der Waals surface area contributed by atoms with Gasteiger partial charge in [0.15, 0.2) is 6.61 Å². The number of amides is 2. The Bertz CT molecular complexity index is 856. The molecule has 2 amide bonds. The van der Waals surface area contributed by atoms with Crippen LogP contribution in [0.15, 0.2) is 48.5 Å². The maximum atomic E-state index is 12.4. The molecule has 1 aliphatic heterocycles. The molecular formula is C21H24ClN3O3. The topological polar surface area (TPSA) is 61.9 Å². The van der Waals surface area contributed by atoms with Gasteiger partial charge in [0, 0.05) is 24.5 Å². The molecule has 28 heavy (non-hydrogen) atoms. The number of benzene rings is 2. The lowest BCUT2D eigenvalue weighted by Gasteiger charge is -2.29. The van der Waals surface area contributed by atoms with E-state index in [0.717, 1.165) is 5.56 Å². The van der Waals surface area contributed by atoms with Crippen molar-refractivity contribution in [3.63, 3.8) is 0 Å². The van der Waals surface area contributed by atoms with Crippen molar-refractivity contribution >= 4 is 29.1 Å². The third-order valence-corrected chi connectivity index (χ3v) is 5.10. The first-order chi connectivity index (χ1) is 13.5. The number of fused-ring (bicyclic) bond motifs is 1. The van der Waals surface area contributed by atoms with Gasteiger partial charge in [-0.2, -0.15) is 0 Å². The van der Waals surface area contributed by atoms with Crippen LogP contribution in [-0.2, 0) is 9.59 Å². The molecule has 0 spiro atoms. The van der Waals surface area contributed by atoms with Crippen LogP contribution in [0.25, 0.3) is 0 Å². The highest BCUT2D eigenvalue weighted by Crippen LogP contribution is 2.31. The fourth-order valence-corrected chi connectivity index (χ4v) is 3.49. The molecule has 3 rings (SSSR count). The van der Waals surface area contributed by atoms with E-state index in [4.69, 9.17) is 16.3 Å². The van der Waals surface area contributed by atoms with E-state index in [9.17, 15) is 9.59 Å². The lowest BCUT2D eigenvalue weighted by molar-refractivity contribution is -0.122. The summed E-state index contributed by atoms with van der Waals surface area (Å²) in [7, 11) is 3.90. The van der Waals surface area contributed by atoms with E-state index >= 15 is 0 Å². The third kappa shape index (κ3) is 4.64. The molecule has 0 fully saturated rings. The van der Waals surface area contributed by atoms with Gasteiger partial charge in [0.2, 0.25) is 5.91 Å². The summed E-state index contributed by atoms with van der Waals surface area (Å²) in [6.07, 6.45) is 0.211. The van der Waals surface area contributed by atoms with E-state index in [1.165, 1.54) is 0 Å². The molecule has 0 bridgehead atoms. The molecule has 2 aromatic rings. The summed E-state index contributed by atoms with van der Waals surface area (Å²) in [5.74, 6) is 0.401. The Hall–Kier alpha value is -2.57. The van der Waals surface area contributed by atoms with E-state index in [1.54, 1.807) is 4.90 Å². The lowest BCUT2D eigenvalue weighted by atomic mass is 10.1. The van der Waals surface area contributed by atoms with E-state index in [0.29, 0.717) is 29.5 Å². The fourth-order valence-electron chi connectivity index (χ4n) is 3.23. The average molecular weight is 402 g/mol. The van der Waals surface area contributed by atoms with Gasteiger partial charge in [-0.25, -0.2) is 0 Å². The minimum atomic E-state index is -0.145. The number of hydrogen-bond donors (Lipinski definition) is 1. The van der Waals surface area contributed by atoms with Crippen LogP contribution >= 0.6 is 11.6 Å². The first-order valence-electron chi connectivity index (χ1n) is 9.17. The largest absolute Gasteiger partial charge is 0.482 e. The van der Waals surface area contributed by atoms with Crippen molar-refractivity contribution in [1.82, 2.24) is 10.2 Å².